The number of unbranched alkanes of at least 4 members (excludes halogenated alkanes) is 2. The second-order valence-electron chi connectivity index (χ2n) is 4.97. The second-order valence-corrected chi connectivity index (χ2v) is 5.82. The Morgan fingerprint density at radius 2 is 2.05 bits per heavy atom. The summed E-state index contributed by atoms with van der Waals surface area (Å²) < 4.78 is 0.845. The summed E-state index contributed by atoms with van der Waals surface area (Å²) in [6, 6.07) is 5.62. The summed E-state index contributed by atoms with van der Waals surface area (Å²) in [6.07, 6.45) is 3.57. The third kappa shape index (κ3) is 4.53. The maximum absolute atomic E-state index is 10.9. The summed E-state index contributed by atoms with van der Waals surface area (Å²) in [6.45, 7) is 7.50. The molecule has 0 aromatic heterocycles. The number of carboxylic acid groups (broad SMARTS) is 1. The van der Waals surface area contributed by atoms with Gasteiger partial charge in [0.2, 0.25) is 0 Å². The minimum atomic E-state index is -0.894. The van der Waals surface area contributed by atoms with Gasteiger partial charge in [0.05, 0.1) is 11.3 Å². The minimum absolute atomic E-state index is 0.313. The molecule has 0 amide bonds. The molecule has 106 valence electrons. The first-order valence-corrected chi connectivity index (χ1v) is 7.56. The standard InChI is InChI=1S/C15H22BrNO2/c1-4-5-6-9-17(11(2)3)14-8-7-12(15(18)19)10-13(14)16/h7-8,10-11H,4-6,9H2,1-3H3,(H,18,19). The Hall–Kier alpha value is -1.03. The van der Waals surface area contributed by atoms with Crippen molar-refractivity contribution < 1.29 is 9.90 Å². The van der Waals surface area contributed by atoms with Crippen LogP contribution in [-0.4, -0.2) is 23.7 Å². The van der Waals surface area contributed by atoms with E-state index in [2.05, 4.69) is 41.6 Å². The molecule has 0 aliphatic heterocycles. The number of nitrogens with zero attached hydrogens (tertiary/aromatic N) is 1. The Morgan fingerprint density at radius 1 is 1.37 bits per heavy atom. The Kier molecular flexibility index (Phi) is 6.35. The molecule has 19 heavy (non-hydrogen) atoms. The predicted molar refractivity (Wildman–Crippen MR) is 83.1 cm³/mol. The highest BCUT2D eigenvalue weighted by molar-refractivity contribution is 9.10. The molecule has 0 spiro atoms. The lowest BCUT2D eigenvalue weighted by molar-refractivity contribution is 0.0697. The summed E-state index contributed by atoms with van der Waals surface area (Å²) in [5.41, 5.74) is 1.38. The smallest absolute Gasteiger partial charge is 0.335 e. The molecule has 0 saturated heterocycles. The van der Waals surface area contributed by atoms with Gasteiger partial charge in [-0.25, -0.2) is 4.79 Å². The van der Waals surface area contributed by atoms with Gasteiger partial charge < -0.3 is 10.0 Å². The topological polar surface area (TPSA) is 40.5 Å². The third-order valence-corrected chi connectivity index (χ3v) is 3.77. The number of halogens is 1. The third-order valence-electron chi connectivity index (χ3n) is 3.13. The molecule has 0 atom stereocenters. The summed E-state index contributed by atoms with van der Waals surface area (Å²) >= 11 is 3.49. The van der Waals surface area contributed by atoms with Gasteiger partial charge in [0.15, 0.2) is 0 Å². The van der Waals surface area contributed by atoms with Crippen LogP contribution in [0.5, 0.6) is 0 Å². The fourth-order valence-electron chi connectivity index (χ4n) is 2.06. The van der Waals surface area contributed by atoms with Crippen LogP contribution in [0.3, 0.4) is 0 Å². The van der Waals surface area contributed by atoms with Crippen LogP contribution in [0.25, 0.3) is 0 Å². The molecule has 1 rings (SSSR count). The largest absolute Gasteiger partial charge is 0.478 e. The van der Waals surface area contributed by atoms with E-state index >= 15 is 0 Å². The lowest BCUT2D eigenvalue weighted by Gasteiger charge is -2.30. The average molecular weight is 328 g/mol. The first-order valence-electron chi connectivity index (χ1n) is 6.76. The summed E-state index contributed by atoms with van der Waals surface area (Å²) in [7, 11) is 0. The van der Waals surface area contributed by atoms with Crippen LogP contribution < -0.4 is 4.90 Å². The van der Waals surface area contributed by atoms with E-state index in [-0.39, 0.29) is 0 Å². The second kappa shape index (κ2) is 7.53. The zero-order valence-corrected chi connectivity index (χ0v) is 13.4. The fourth-order valence-corrected chi connectivity index (χ4v) is 2.67. The van der Waals surface area contributed by atoms with Crippen LogP contribution in [0.2, 0.25) is 0 Å². The van der Waals surface area contributed by atoms with E-state index < -0.39 is 5.97 Å². The van der Waals surface area contributed by atoms with Gasteiger partial charge in [-0.2, -0.15) is 0 Å². The predicted octanol–water partition coefficient (Wildman–Crippen LogP) is 4.55. The molecular weight excluding hydrogens is 306 g/mol. The molecular formula is C15H22BrNO2. The number of anilines is 1. The number of benzene rings is 1. The van der Waals surface area contributed by atoms with Crippen LogP contribution in [0.4, 0.5) is 5.69 Å². The number of hydrogen-bond donors (Lipinski definition) is 1. The van der Waals surface area contributed by atoms with E-state index in [0.29, 0.717) is 11.6 Å². The summed E-state index contributed by atoms with van der Waals surface area (Å²) in [4.78, 5) is 13.3. The quantitative estimate of drug-likeness (QED) is 0.746. The highest BCUT2D eigenvalue weighted by atomic mass is 79.9. The highest BCUT2D eigenvalue weighted by Gasteiger charge is 2.15. The molecule has 0 aliphatic rings. The van der Waals surface area contributed by atoms with Gasteiger partial charge in [-0.05, 0) is 54.4 Å². The van der Waals surface area contributed by atoms with Crippen molar-refractivity contribution in [3.63, 3.8) is 0 Å². The molecule has 0 saturated carbocycles. The number of aromatic carboxylic acids is 1. The summed E-state index contributed by atoms with van der Waals surface area (Å²) in [5.74, 6) is -0.894. The molecule has 1 N–H and O–H groups in total. The molecule has 0 unspecified atom stereocenters. The van der Waals surface area contributed by atoms with Crippen molar-refractivity contribution >= 4 is 27.6 Å². The SMILES string of the molecule is CCCCCN(c1ccc(C(=O)O)cc1Br)C(C)C. The normalized spacial score (nSPS) is 10.8. The molecule has 0 radical (unpaired) electrons. The van der Waals surface area contributed by atoms with E-state index in [1.807, 2.05) is 6.07 Å². The number of carbonyl (C=O) groups is 1. The van der Waals surface area contributed by atoms with Gasteiger partial charge in [-0.15, -0.1) is 0 Å². The molecule has 1 aromatic carbocycles. The van der Waals surface area contributed by atoms with E-state index in [0.717, 1.165) is 23.1 Å². The van der Waals surface area contributed by atoms with Gasteiger partial charge in [0, 0.05) is 17.1 Å². The zero-order valence-electron chi connectivity index (χ0n) is 11.8. The van der Waals surface area contributed by atoms with E-state index in [9.17, 15) is 4.79 Å². The molecule has 0 heterocycles. The molecule has 0 aliphatic carbocycles. The maximum atomic E-state index is 10.9. The number of rotatable bonds is 7. The average Bonchev–Trinajstić information content (AvgIpc) is 2.35. The van der Waals surface area contributed by atoms with Crippen LogP contribution in [-0.2, 0) is 0 Å². The number of carboxylic acids is 1. The Morgan fingerprint density at radius 3 is 2.53 bits per heavy atom. The van der Waals surface area contributed by atoms with Gasteiger partial charge in [0.25, 0.3) is 0 Å². The van der Waals surface area contributed by atoms with Crippen LogP contribution >= 0.6 is 15.9 Å². The molecule has 3 nitrogen and oxygen atoms in total. The highest BCUT2D eigenvalue weighted by Crippen LogP contribution is 2.29. The molecule has 0 bridgehead atoms. The maximum Gasteiger partial charge on any atom is 0.335 e. The lowest BCUT2D eigenvalue weighted by atomic mass is 10.1. The first-order chi connectivity index (χ1) is 8.97. The van der Waals surface area contributed by atoms with Gasteiger partial charge >= 0.3 is 5.97 Å². The van der Waals surface area contributed by atoms with Crippen molar-refractivity contribution in [1.82, 2.24) is 0 Å². The minimum Gasteiger partial charge on any atom is -0.478 e. The Bertz CT molecular complexity index is 432. The van der Waals surface area contributed by atoms with Gasteiger partial charge in [-0.3, -0.25) is 0 Å². The van der Waals surface area contributed by atoms with Crippen molar-refractivity contribution in [2.75, 3.05) is 11.4 Å². The van der Waals surface area contributed by atoms with Crippen molar-refractivity contribution in [2.24, 2.45) is 0 Å². The van der Waals surface area contributed by atoms with Gasteiger partial charge in [0.1, 0.15) is 0 Å². The lowest BCUT2D eigenvalue weighted by Crippen LogP contribution is -2.32. The molecule has 1 aromatic rings. The fraction of sp³-hybridized carbons (Fsp3) is 0.533. The van der Waals surface area contributed by atoms with E-state index in [1.54, 1.807) is 12.1 Å². The van der Waals surface area contributed by atoms with Crippen LogP contribution in [0, 0.1) is 0 Å². The molecule has 4 heteroatoms. The Labute approximate surface area is 123 Å². The van der Waals surface area contributed by atoms with Crippen molar-refractivity contribution in [2.45, 2.75) is 46.1 Å². The van der Waals surface area contributed by atoms with Crippen LogP contribution in [0.1, 0.15) is 50.4 Å². The van der Waals surface area contributed by atoms with E-state index in [1.165, 1.54) is 12.8 Å². The van der Waals surface area contributed by atoms with Crippen molar-refractivity contribution in [3.8, 4) is 0 Å². The van der Waals surface area contributed by atoms with Crippen molar-refractivity contribution in [1.29, 1.82) is 0 Å². The Balaban J connectivity index is 2.93. The monoisotopic (exact) mass is 327 g/mol. The number of hydrogen-bond acceptors (Lipinski definition) is 2. The van der Waals surface area contributed by atoms with Crippen molar-refractivity contribution in [3.05, 3.63) is 28.2 Å². The first kappa shape index (κ1) is 16.0. The van der Waals surface area contributed by atoms with E-state index in [4.69, 9.17) is 5.11 Å². The zero-order chi connectivity index (χ0) is 14.4. The van der Waals surface area contributed by atoms with Crippen LogP contribution in [0.15, 0.2) is 22.7 Å². The molecule has 0 fully saturated rings. The van der Waals surface area contributed by atoms with Gasteiger partial charge in [-0.1, -0.05) is 19.8 Å². The summed E-state index contributed by atoms with van der Waals surface area (Å²) in [5, 5.41) is 8.99.